The lowest BCUT2D eigenvalue weighted by Gasteiger charge is -2.07. The molecule has 0 saturated heterocycles. The summed E-state index contributed by atoms with van der Waals surface area (Å²) < 4.78 is 18.2. The van der Waals surface area contributed by atoms with Crippen molar-refractivity contribution < 1.29 is 13.9 Å². The van der Waals surface area contributed by atoms with Gasteiger partial charge in [-0.3, -0.25) is 4.79 Å². The number of amides is 1. The lowest BCUT2D eigenvalue weighted by atomic mass is 10.2. The number of methoxy groups -OCH3 is 1. The molecule has 0 aliphatic carbocycles. The second-order valence-electron chi connectivity index (χ2n) is 3.58. The predicted octanol–water partition coefficient (Wildman–Crippen LogP) is 2.89. The SMILES string of the molecule is COc1ccc(NC(=O)c2[c]cccc2)cc1F. The van der Waals surface area contributed by atoms with Gasteiger partial charge in [-0.2, -0.15) is 0 Å². The molecule has 0 saturated carbocycles. The standard InChI is InChI=1S/C14H11FNO2/c1-18-13-8-7-11(9-12(13)15)16-14(17)10-5-3-2-4-6-10/h2-5,7-9H,1H3,(H,16,17). The molecular formula is C14H11FNO2. The number of halogens is 1. The first kappa shape index (κ1) is 12.1. The molecule has 1 amide bonds. The fourth-order valence-corrected chi connectivity index (χ4v) is 1.48. The minimum absolute atomic E-state index is 0.138. The normalized spacial score (nSPS) is 9.89. The van der Waals surface area contributed by atoms with Gasteiger partial charge in [-0.15, -0.1) is 0 Å². The highest BCUT2D eigenvalue weighted by Crippen LogP contribution is 2.20. The Morgan fingerprint density at radius 3 is 2.78 bits per heavy atom. The maximum Gasteiger partial charge on any atom is 0.256 e. The maximum absolute atomic E-state index is 13.4. The molecule has 0 heterocycles. The molecule has 0 aliphatic heterocycles. The summed E-state index contributed by atoms with van der Waals surface area (Å²) in [4.78, 5) is 11.8. The van der Waals surface area contributed by atoms with Gasteiger partial charge in [-0.1, -0.05) is 18.2 Å². The summed E-state index contributed by atoms with van der Waals surface area (Å²) in [5, 5.41) is 2.58. The molecule has 4 heteroatoms. The maximum atomic E-state index is 13.4. The molecule has 0 unspecified atom stereocenters. The molecule has 1 N–H and O–H groups in total. The predicted molar refractivity (Wildman–Crippen MR) is 66.2 cm³/mol. The molecule has 18 heavy (non-hydrogen) atoms. The highest BCUT2D eigenvalue weighted by atomic mass is 19.1. The molecule has 2 rings (SSSR count). The van der Waals surface area contributed by atoms with E-state index in [0.29, 0.717) is 11.3 Å². The van der Waals surface area contributed by atoms with Gasteiger partial charge in [0, 0.05) is 17.3 Å². The molecule has 0 bridgehead atoms. The second kappa shape index (κ2) is 5.31. The molecule has 0 aromatic heterocycles. The Kier molecular flexibility index (Phi) is 3.57. The van der Waals surface area contributed by atoms with Gasteiger partial charge in [-0.25, -0.2) is 4.39 Å². The van der Waals surface area contributed by atoms with Crippen molar-refractivity contribution in [1.82, 2.24) is 0 Å². The largest absolute Gasteiger partial charge is 0.494 e. The van der Waals surface area contributed by atoms with Crippen molar-refractivity contribution in [1.29, 1.82) is 0 Å². The number of hydrogen-bond donors (Lipinski definition) is 1. The van der Waals surface area contributed by atoms with Crippen LogP contribution in [0.1, 0.15) is 10.4 Å². The first-order chi connectivity index (χ1) is 8.70. The van der Waals surface area contributed by atoms with Gasteiger partial charge in [-0.05, 0) is 24.3 Å². The summed E-state index contributed by atoms with van der Waals surface area (Å²) in [6.45, 7) is 0. The van der Waals surface area contributed by atoms with E-state index in [4.69, 9.17) is 4.74 Å². The number of carbonyl (C=O) groups is 1. The molecule has 0 aliphatic rings. The molecule has 2 aromatic rings. The number of hydrogen-bond acceptors (Lipinski definition) is 2. The van der Waals surface area contributed by atoms with Crippen LogP contribution in [-0.4, -0.2) is 13.0 Å². The van der Waals surface area contributed by atoms with Gasteiger partial charge in [0.1, 0.15) is 0 Å². The summed E-state index contributed by atoms with van der Waals surface area (Å²) in [6.07, 6.45) is 0. The lowest BCUT2D eigenvalue weighted by Crippen LogP contribution is -2.11. The third-order valence-corrected chi connectivity index (χ3v) is 2.36. The molecule has 1 radical (unpaired) electrons. The second-order valence-corrected chi connectivity index (χ2v) is 3.58. The van der Waals surface area contributed by atoms with E-state index in [1.165, 1.54) is 19.2 Å². The van der Waals surface area contributed by atoms with Crippen molar-refractivity contribution in [2.24, 2.45) is 0 Å². The van der Waals surface area contributed by atoms with E-state index in [-0.39, 0.29) is 11.7 Å². The van der Waals surface area contributed by atoms with Crippen molar-refractivity contribution in [2.45, 2.75) is 0 Å². The molecule has 0 atom stereocenters. The number of anilines is 1. The number of ether oxygens (including phenoxy) is 1. The van der Waals surface area contributed by atoms with Crippen LogP contribution in [0.3, 0.4) is 0 Å². The molecule has 0 spiro atoms. The van der Waals surface area contributed by atoms with E-state index < -0.39 is 5.82 Å². The van der Waals surface area contributed by atoms with Crippen molar-refractivity contribution in [3.8, 4) is 5.75 Å². The smallest absolute Gasteiger partial charge is 0.256 e. The van der Waals surface area contributed by atoms with Crippen molar-refractivity contribution in [2.75, 3.05) is 12.4 Å². The van der Waals surface area contributed by atoms with Gasteiger partial charge in [0.15, 0.2) is 11.6 Å². The Bertz CT molecular complexity index is 555. The topological polar surface area (TPSA) is 38.3 Å². The number of nitrogens with one attached hydrogen (secondary N) is 1. The Morgan fingerprint density at radius 2 is 2.17 bits per heavy atom. The third kappa shape index (κ3) is 2.66. The van der Waals surface area contributed by atoms with E-state index in [0.717, 1.165) is 0 Å². The van der Waals surface area contributed by atoms with Crippen molar-refractivity contribution in [3.63, 3.8) is 0 Å². The zero-order chi connectivity index (χ0) is 13.0. The van der Waals surface area contributed by atoms with Gasteiger partial charge < -0.3 is 10.1 Å². The van der Waals surface area contributed by atoms with Crippen LogP contribution in [0.5, 0.6) is 5.75 Å². The molecule has 0 fully saturated rings. The van der Waals surface area contributed by atoms with Gasteiger partial charge in [0.2, 0.25) is 0 Å². The van der Waals surface area contributed by atoms with Crippen LogP contribution in [0.2, 0.25) is 0 Å². The molecular weight excluding hydrogens is 233 g/mol. The van der Waals surface area contributed by atoms with Crippen LogP contribution in [0.15, 0.2) is 42.5 Å². The Balaban J connectivity index is 2.15. The number of rotatable bonds is 3. The Hall–Kier alpha value is -2.36. The van der Waals surface area contributed by atoms with E-state index in [1.54, 1.807) is 30.3 Å². The summed E-state index contributed by atoms with van der Waals surface area (Å²) >= 11 is 0. The number of carbonyl (C=O) groups excluding carboxylic acids is 1. The Morgan fingerprint density at radius 1 is 1.33 bits per heavy atom. The van der Waals surface area contributed by atoms with Crippen LogP contribution in [0.4, 0.5) is 10.1 Å². The minimum Gasteiger partial charge on any atom is -0.494 e. The quantitative estimate of drug-likeness (QED) is 0.901. The van der Waals surface area contributed by atoms with E-state index >= 15 is 0 Å². The van der Waals surface area contributed by atoms with E-state index in [1.807, 2.05) is 0 Å². The summed E-state index contributed by atoms with van der Waals surface area (Å²) in [5.74, 6) is -0.716. The van der Waals surface area contributed by atoms with Gasteiger partial charge >= 0.3 is 0 Å². The average Bonchev–Trinajstić information content (AvgIpc) is 2.40. The van der Waals surface area contributed by atoms with Crippen LogP contribution in [0, 0.1) is 11.9 Å². The lowest BCUT2D eigenvalue weighted by molar-refractivity contribution is 0.102. The van der Waals surface area contributed by atoms with Crippen LogP contribution in [-0.2, 0) is 0 Å². The summed E-state index contributed by atoms with van der Waals surface area (Å²) in [5.41, 5.74) is 0.768. The fraction of sp³-hybridized carbons (Fsp3) is 0.0714. The summed E-state index contributed by atoms with van der Waals surface area (Å²) in [7, 11) is 1.38. The monoisotopic (exact) mass is 244 g/mol. The van der Waals surface area contributed by atoms with E-state index in [2.05, 4.69) is 11.4 Å². The highest BCUT2D eigenvalue weighted by molar-refractivity contribution is 6.04. The Labute approximate surface area is 104 Å². The minimum atomic E-state index is -0.521. The fourth-order valence-electron chi connectivity index (χ4n) is 1.48. The third-order valence-electron chi connectivity index (χ3n) is 2.36. The highest BCUT2D eigenvalue weighted by Gasteiger charge is 2.08. The first-order valence-corrected chi connectivity index (χ1v) is 5.32. The molecule has 91 valence electrons. The van der Waals surface area contributed by atoms with Crippen LogP contribution >= 0.6 is 0 Å². The van der Waals surface area contributed by atoms with Crippen LogP contribution in [0.25, 0.3) is 0 Å². The molecule has 3 nitrogen and oxygen atoms in total. The zero-order valence-corrected chi connectivity index (χ0v) is 9.74. The molecule has 2 aromatic carbocycles. The zero-order valence-electron chi connectivity index (χ0n) is 9.74. The van der Waals surface area contributed by atoms with E-state index in [9.17, 15) is 9.18 Å². The summed E-state index contributed by atoms with van der Waals surface area (Å²) in [6, 6.07) is 13.8. The van der Waals surface area contributed by atoms with Crippen molar-refractivity contribution in [3.05, 3.63) is 59.9 Å². The van der Waals surface area contributed by atoms with Gasteiger partial charge in [0.25, 0.3) is 5.91 Å². The van der Waals surface area contributed by atoms with Crippen molar-refractivity contribution >= 4 is 11.6 Å². The number of benzene rings is 2. The van der Waals surface area contributed by atoms with Crippen LogP contribution < -0.4 is 10.1 Å². The average molecular weight is 244 g/mol. The first-order valence-electron chi connectivity index (χ1n) is 5.32. The van der Waals surface area contributed by atoms with Gasteiger partial charge in [0.05, 0.1) is 7.11 Å².